The van der Waals surface area contributed by atoms with Gasteiger partial charge in [0.15, 0.2) is 11.5 Å². The van der Waals surface area contributed by atoms with Gasteiger partial charge in [0, 0.05) is 12.1 Å². The number of aromatic nitrogens is 2. The van der Waals surface area contributed by atoms with E-state index in [1.165, 1.54) is 0 Å². The molecular weight excluding hydrogens is 394 g/mol. The van der Waals surface area contributed by atoms with Crippen molar-refractivity contribution in [3.8, 4) is 11.5 Å². The molecule has 7 nitrogen and oxygen atoms in total. The lowest BCUT2D eigenvalue weighted by atomic mass is 9.90. The molecule has 0 spiro atoms. The van der Waals surface area contributed by atoms with Crippen LogP contribution in [0.4, 0.5) is 0 Å². The zero-order chi connectivity index (χ0) is 21.4. The highest BCUT2D eigenvalue weighted by molar-refractivity contribution is 5.82. The average molecular weight is 424 g/mol. The van der Waals surface area contributed by atoms with Crippen LogP contribution in [0.25, 0.3) is 0 Å². The highest BCUT2D eigenvalue weighted by Gasteiger charge is 2.36. The van der Waals surface area contributed by atoms with Gasteiger partial charge in [-0.1, -0.05) is 12.1 Å². The molecule has 5 rings (SSSR count). The number of benzene rings is 1. The Morgan fingerprint density at radius 3 is 2.55 bits per heavy atom. The average Bonchev–Trinajstić information content (AvgIpc) is 2.78. The van der Waals surface area contributed by atoms with E-state index in [1.807, 2.05) is 31.2 Å². The first-order valence-electron chi connectivity index (χ1n) is 11.4. The molecule has 1 amide bonds. The van der Waals surface area contributed by atoms with E-state index in [2.05, 4.69) is 5.32 Å². The molecule has 3 aliphatic rings. The molecule has 1 aromatic carbocycles. The Hall–Kier alpha value is -2.83. The fraction of sp³-hybridized carbons (Fsp3) is 0.542. The van der Waals surface area contributed by atoms with Crippen molar-refractivity contribution in [2.45, 2.75) is 82.6 Å². The summed E-state index contributed by atoms with van der Waals surface area (Å²) in [6, 6.07) is 9.38. The third-order valence-electron chi connectivity index (χ3n) is 6.72. The second kappa shape index (κ2) is 8.36. The third-order valence-corrected chi connectivity index (χ3v) is 6.72. The van der Waals surface area contributed by atoms with E-state index < -0.39 is 6.10 Å². The molecule has 2 unspecified atom stereocenters. The van der Waals surface area contributed by atoms with Crippen LogP contribution in [0, 0.1) is 0 Å². The fourth-order valence-electron chi connectivity index (χ4n) is 4.99. The fourth-order valence-corrected chi connectivity index (χ4v) is 4.99. The predicted octanol–water partition coefficient (Wildman–Crippen LogP) is 2.95. The van der Waals surface area contributed by atoms with E-state index >= 15 is 0 Å². The summed E-state index contributed by atoms with van der Waals surface area (Å²) in [6.07, 6.45) is 6.49. The number of fused-ring (bicyclic) bond motifs is 2. The monoisotopic (exact) mass is 423 g/mol. The van der Waals surface area contributed by atoms with Gasteiger partial charge >= 0.3 is 0 Å². The third kappa shape index (κ3) is 4.05. The SMILES string of the molecule is CC1Oc2ccccc2OC1C(=O)NC1CCC(n2nc3c(cc2=O)CCCC3)CC1. The van der Waals surface area contributed by atoms with Gasteiger partial charge in [-0.3, -0.25) is 9.59 Å². The van der Waals surface area contributed by atoms with Gasteiger partial charge in [-0.2, -0.15) is 5.10 Å². The molecule has 0 saturated heterocycles. The number of nitrogens with zero attached hydrogens (tertiary/aromatic N) is 2. The quantitative estimate of drug-likeness (QED) is 0.821. The first kappa shape index (κ1) is 20.1. The second-order valence-electron chi connectivity index (χ2n) is 8.93. The van der Waals surface area contributed by atoms with Crippen LogP contribution in [0.1, 0.15) is 62.7 Å². The zero-order valence-corrected chi connectivity index (χ0v) is 17.9. The van der Waals surface area contributed by atoms with E-state index in [0.29, 0.717) is 11.5 Å². The second-order valence-corrected chi connectivity index (χ2v) is 8.93. The van der Waals surface area contributed by atoms with Gasteiger partial charge in [-0.05, 0) is 76.0 Å². The van der Waals surface area contributed by atoms with Gasteiger partial charge in [-0.15, -0.1) is 0 Å². The Kier molecular flexibility index (Phi) is 5.42. The maximum Gasteiger partial charge on any atom is 0.267 e. The summed E-state index contributed by atoms with van der Waals surface area (Å²) >= 11 is 0. The molecule has 164 valence electrons. The van der Waals surface area contributed by atoms with Crippen LogP contribution < -0.4 is 20.3 Å². The van der Waals surface area contributed by atoms with Crippen LogP contribution in [0.5, 0.6) is 11.5 Å². The number of hydrogen-bond acceptors (Lipinski definition) is 5. The van der Waals surface area contributed by atoms with E-state index in [1.54, 1.807) is 10.7 Å². The topological polar surface area (TPSA) is 82.4 Å². The maximum absolute atomic E-state index is 12.9. The molecule has 2 aliphatic carbocycles. The molecule has 7 heteroatoms. The van der Waals surface area contributed by atoms with Gasteiger partial charge in [0.25, 0.3) is 11.5 Å². The number of carbonyl (C=O) groups is 1. The number of aryl methyl sites for hydroxylation is 2. The van der Waals surface area contributed by atoms with Gasteiger partial charge in [-0.25, -0.2) is 4.68 Å². The largest absolute Gasteiger partial charge is 0.482 e. The number of carbonyl (C=O) groups excluding carboxylic acids is 1. The summed E-state index contributed by atoms with van der Waals surface area (Å²) in [6.45, 7) is 1.85. The van der Waals surface area contributed by atoms with Gasteiger partial charge in [0.2, 0.25) is 6.10 Å². The van der Waals surface area contributed by atoms with Gasteiger partial charge in [0.05, 0.1) is 11.7 Å². The standard InChI is InChI=1S/C24H29N3O4/c1-15-23(31-21-9-5-4-8-20(21)30-15)24(29)25-17-10-12-18(13-11-17)27-22(28)14-16-6-2-3-7-19(16)26-27/h4-5,8-9,14-15,17-18,23H,2-3,6-7,10-13H2,1H3,(H,25,29). The molecule has 2 aromatic rings. The number of rotatable bonds is 3. The summed E-state index contributed by atoms with van der Waals surface area (Å²) in [7, 11) is 0. The first-order chi connectivity index (χ1) is 15.1. The van der Waals surface area contributed by atoms with Crippen molar-refractivity contribution in [2.24, 2.45) is 0 Å². The molecule has 2 heterocycles. The summed E-state index contributed by atoms with van der Waals surface area (Å²) in [5.74, 6) is 1.12. The zero-order valence-electron chi connectivity index (χ0n) is 17.9. The van der Waals surface area contributed by atoms with Crippen molar-refractivity contribution in [3.63, 3.8) is 0 Å². The Balaban J connectivity index is 1.20. The van der Waals surface area contributed by atoms with E-state index in [-0.39, 0.29) is 29.7 Å². The van der Waals surface area contributed by atoms with Gasteiger partial charge < -0.3 is 14.8 Å². The smallest absolute Gasteiger partial charge is 0.267 e. The summed E-state index contributed by atoms with van der Waals surface area (Å²) in [5.41, 5.74) is 2.22. The minimum atomic E-state index is -0.669. The van der Waals surface area contributed by atoms with Crippen LogP contribution in [-0.4, -0.2) is 33.9 Å². The summed E-state index contributed by atoms with van der Waals surface area (Å²) < 4.78 is 13.5. The highest BCUT2D eigenvalue weighted by atomic mass is 16.6. The first-order valence-corrected chi connectivity index (χ1v) is 11.4. The molecule has 1 fully saturated rings. The van der Waals surface area contributed by atoms with E-state index in [0.717, 1.165) is 62.6 Å². The van der Waals surface area contributed by atoms with Crippen LogP contribution in [-0.2, 0) is 17.6 Å². The normalized spacial score (nSPS) is 27.3. The molecule has 31 heavy (non-hydrogen) atoms. The number of ether oxygens (including phenoxy) is 2. The lowest BCUT2D eigenvalue weighted by Crippen LogP contribution is -2.52. The van der Waals surface area contributed by atoms with Crippen molar-refractivity contribution in [1.82, 2.24) is 15.1 Å². The molecule has 0 radical (unpaired) electrons. The molecule has 0 bridgehead atoms. The van der Waals surface area contributed by atoms with Crippen LogP contribution in [0.3, 0.4) is 0 Å². The number of para-hydroxylation sites is 2. The minimum Gasteiger partial charge on any atom is -0.482 e. The van der Waals surface area contributed by atoms with Gasteiger partial charge in [0.1, 0.15) is 6.10 Å². The van der Waals surface area contributed by atoms with Crippen molar-refractivity contribution >= 4 is 5.91 Å². The van der Waals surface area contributed by atoms with Crippen LogP contribution in [0.15, 0.2) is 35.1 Å². The number of nitrogens with one attached hydrogen (secondary N) is 1. The molecular formula is C24H29N3O4. The molecule has 1 N–H and O–H groups in total. The minimum absolute atomic E-state index is 0.00776. The van der Waals surface area contributed by atoms with Crippen molar-refractivity contribution < 1.29 is 14.3 Å². The Morgan fingerprint density at radius 1 is 1.06 bits per heavy atom. The number of hydrogen-bond donors (Lipinski definition) is 1. The van der Waals surface area contributed by atoms with E-state index in [9.17, 15) is 9.59 Å². The highest BCUT2D eigenvalue weighted by Crippen LogP contribution is 2.34. The van der Waals surface area contributed by atoms with Crippen molar-refractivity contribution in [2.75, 3.05) is 0 Å². The lowest BCUT2D eigenvalue weighted by Gasteiger charge is -2.34. The van der Waals surface area contributed by atoms with Crippen molar-refractivity contribution in [3.05, 3.63) is 51.9 Å². The molecule has 1 aromatic heterocycles. The molecule has 2 atom stereocenters. The van der Waals surface area contributed by atoms with E-state index in [4.69, 9.17) is 14.6 Å². The predicted molar refractivity (Wildman–Crippen MR) is 116 cm³/mol. The Morgan fingerprint density at radius 2 is 1.77 bits per heavy atom. The van der Waals surface area contributed by atoms with Crippen molar-refractivity contribution in [1.29, 1.82) is 0 Å². The van der Waals surface area contributed by atoms with Crippen LogP contribution in [0.2, 0.25) is 0 Å². The Labute approximate surface area is 181 Å². The van der Waals surface area contributed by atoms with Crippen LogP contribution >= 0.6 is 0 Å². The summed E-state index contributed by atoms with van der Waals surface area (Å²) in [4.78, 5) is 25.5. The Bertz CT molecular complexity index is 1030. The number of amides is 1. The molecule has 1 aliphatic heterocycles. The molecule has 1 saturated carbocycles. The lowest BCUT2D eigenvalue weighted by molar-refractivity contribution is -0.134. The maximum atomic E-state index is 12.9. The summed E-state index contributed by atoms with van der Waals surface area (Å²) in [5, 5.41) is 7.84.